The van der Waals surface area contributed by atoms with Gasteiger partial charge in [0.25, 0.3) is 0 Å². The highest BCUT2D eigenvalue weighted by molar-refractivity contribution is 6.61. The number of nitrogens with zero attached hydrogens (tertiary/aromatic N) is 1. The second kappa shape index (κ2) is 3.09. The topological polar surface area (TPSA) is 44.5 Å². The van der Waals surface area contributed by atoms with Gasteiger partial charge < -0.3 is 13.7 Å². The molecule has 0 radical (unpaired) electrons. The molecule has 0 saturated carbocycles. The molecule has 0 amide bonds. The van der Waals surface area contributed by atoms with Gasteiger partial charge in [0.05, 0.1) is 11.2 Å². The molecule has 1 aromatic heterocycles. The van der Waals surface area contributed by atoms with Gasteiger partial charge in [-0.25, -0.2) is 4.98 Å². The van der Waals surface area contributed by atoms with Crippen molar-refractivity contribution in [3.63, 3.8) is 0 Å². The number of hydrogen-bond donors (Lipinski definition) is 0. The third kappa shape index (κ3) is 1.70. The summed E-state index contributed by atoms with van der Waals surface area (Å²) < 4.78 is 45.6. The van der Waals surface area contributed by atoms with Crippen molar-refractivity contribution in [1.82, 2.24) is 4.98 Å². The van der Waals surface area contributed by atoms with Gasteiger partial charge in [-0.15, -0.1) is 0 Å². The van der Waals surface area contributed by atoms with E-state index < -0.39 is 31.1 Å². The molecule has 2 rings (SSSR count). The molecule has 1 fully saturated rings. The van der Waals surface area contributed by atoms with E-state index >= 15 is 0 Å². The molecular formula is C10H16BNO3. The minimum absolute atomic E-state index is 0.0600. The average molecular weight is 213 g/mol. The third-order valence-corrected chi connectivity index (χ3v) is 2.95. The van der Waals surface area contributed by atoms with Crippen LogP contribution in [0.25, 0.3) is 0 Å². The third-order valence-electron chi connectivity index (χ3n) is 2.95. The van der Waals surface area contributed by atoms with Crippen LogP contribution in [0.1, 0.15) is 39.1 Å². The van der Waals surface area contributed by atoms with Crippen molar-refractivity contribution in [3.05, 3.63) is 12.1 Å². The Morgan fingerprint density at radius 3 is 2.40 bits per heavy atom. The van der Waals surface area contributed by atoms with E-state index in [4.69, 9.17) is 19.2 Å². The van der Waals surface area contributed by atoms with Gasteiger partial charge in [0.1, 0.15) is 13.2 Å². The summed E-state index contributed by atoms with van der Waals surface area (Å²) in [5, 5.41) is 0. The van der Waals surface area contributed by atoms with Crippen LogP contribution in [0.4, 0.5) is 0 Å². The second-order valence-corrected chi connectivity index (χ2v) is 4.59. The molecule has 0 bridgehead atoms. The van der Waals surface area contributed by atoms with Gasteiger partial charge >= 0.3 is 7.12 Å². The zero-order chi connectivity index (χ0) is 14.6. The Labute approximate surface area is 95.7 Å². The van der Waals surface area contributed by atoms with E-state index in [1.165, 1.54) is 0 Å². The van der Waals surface area contributed by atoms with Crippen LogP contribution in [0.5, 0.6) is 0 Å². The lowest BCUT2D eigenvalue weighted by Crippen LogP contribution is -2.41. The van der Waals surface area contributed by atoms with Crippen molar-refractivity contribution in [3.8, 4) is 0 Å². The lowest BCUT2D eigenvalue weighted by Gasteiger charge is -2.32. The standard InChI is InChI=1S/C10H16BNO3/c1-7-12-8(6-13-7)11-14-9(2,3)10(4,5)15-11/h6H,1-5H3/i1D3,6D. The van der Waals surface area contributed by atoms with Crippen LogP contribution >= 0.6 is 0 Å². The highest BCUT2D eigenvalue weighted by Crippen LogP contribution is 2.36. The fraction of sp³-hybridized carbons (Fsp3) is 0.700. The average Bonchev–Trinajstić information content (AvgIpc) is 2.65. The largest absolute Gasteiger partial charge is 0.517 e. The van der Waals surface area contributed by atoms with Crippen LogP contribution in [0.15, 0.2) is 10.7 Å². The van der Waals surface area contributed by atoms with Gasteiger partial charge in [-0.1, -0.05) is 0 Å². The summed E-state index contributed by atoms with van der Waals surface area (Å²) >= 11 is 0. The Balaban J connectivity index is 2.33. The Bertz CT molecular complexity index is 481. The molecule has 0 aromatic carbocycles. The minimum atomic E-state index is -2.49. The van der Waals surface area contributed by atoms with Gasteiger partial charge in [-0.05, 0) is 27.7 Å². The van der Waals surface area contributed by atoms with Crippen molar-refractivity contribution in [2.45, 2.75) is 45.7 Å². The summed E-state index contributed by atoms with van der Waals surface area (Å²) in [5.41, 5.74) is -1.10. The number of hydrogen-bond acceptors (Lipinski definition) is 4. The zero-order valence-corrected chi connectivity index (χ0v) is 9.25. The van der Waals surface area contributed by atoms with Crippen molar-refractivity contribution in [1.29, 1.82) is 0 Å². The predicted molar refractivity (Wildman–Crippen MR) is 57.0 cm³/mol. The molecule has 4 nitrogen and oxygen atoms in total. The molecule has 1 aromatic rings. The molecule has 0 atom stereocenters. The van der Waals surface area contributed by atoms with Crippen molar-refractivity contribution in [2.75, 3.05) is 0 Å². The first-order valence-electron chi connectivity index (χ1n) is 6.77. The van der Waals surface area contributed by atoms with Crippen LogP contribution in [0, 0.1) is 6.85 Å². The van der Waals surface area contributed by atoms with Gasteiger partial charge in [0, 0.05) is 11.0 Å². The molecule has 2 heterocycles. The molecule has 0 aliphatic carbocycles. The summed E-state index contributed by atoms with van der Waals surface area (Å²) in [6.07, 6.45) is -0.343. The monoisotopic (exact) mass is 213 g/mol. The summed E-state index contributed by atoms with van der Waals surface area (Å²) in [6, 6.07) is 0. The fourth-order valence-electron chi connectivity index (χ4n) is 1.31. The van der Waals surface area contributed by atoms with E-state index in [1.54, 1.807) is 0 Å². The molecule has 0 N–H and O–H groups in total. The van der Waals surface area contributed by atoms with Crippen LogP contribution in [-0.2, 0) is 9.31 Å². The number of aromatic nitrogens is 1. The van der Waals surface area contributed by atoms with Gasteiger partial charge in [-0.3, -0.25) is 0 Å². The molecule has 1 saturated heterocycles. The molecular weight excluding hydrogens is 193 g/mol. The van der Waals surface area contributed by atoms with Gasteiger partial charge in [0.2, 0.25) is 0 Å². The van der Waals surface area contributed by atoms with Crippen LogP contribution in [-0.4, -0.2) is 23.3 Å². The van der Waals surface area contributed by atoms with Crippen LogP contribution in [0.3, 0.4) is 0 Å². The summed E-state index contributed by atoms with van der Waals surface area (Å²) in [6.45, 7) is 4.96. The molecule has 1 aliphatic heterocycles. The first kappa shape index (κ1) is 6.71. The van der Waals surface area contributed by atoms with Crippen molar-refractivity contribution >= 4 is 12.7 Å². The van der Waals surface area contributed by atoms with E-state index in [2.05, 4.69) is 4.98 Å². The van der Waals surface area contributed by atoms with E-state index in [9.17, 15) is 0 Å². The second-order valence-electron chi connectivity index (χ2n) is 4.59. The number of oxazole rings is 1. The quantitative estimate of drug-likeness (QED) is 0.659. The molecule has 5 heteroatoms. The molecule has 15 heavy (non-hydrogen) atoms. The van der Waals surface area contributed by atoms with Crippen molar-refractivity contribution in [2.24, 2.45) is 0 Å². The van der Waals surface area contributed by atoms with Crippen LogP contribution in [0.2, 0.25) is 0 Å². The van der Waals surface area contributed by atoms with Gasteiger partial charge in [-0.2, -0.15) is 0 Å². The zero-order valence-electron chi connectivity index (χ0n) is 13.2. The van der Waals surface area contributed by atoms with E-state index in [1.807, 2.05) is 27.7 Å². The Morgan fingerprint density at radius 1 is 1.33 bits per heavy atom. The van der Waals surface area contributed by atoms with E-state index in [0.717, 1.165) is 0 Å². The normalized spacial score (nSPS) is 28.1. The molecule has 82 valence electrons. The Hall–Kier alpha value is -0.805. The van der Waals surface area contributed by atoms with Crippen LogP contribution < -0.4 is 5.59 Å². The number of aryl methyl sites for hydroxylation is 1. The van der Waals surface area contributed by atoms with Gasteiger partial charge in [0.15, 0.2) is 5.89 Å². The first-order chi connectivity index (χ1) is 8.44. The maximum atomic E-state index is 7.66. The maximum absolute atomic E-state index is 7.66. The van der Waals surface area contributed by atoms with E-state index in [0.29, 0.717) is 0 Å². The predicted octanol–water partition coefficient (Wildman–Crippen LogP) is 1.28. The maximum Gasteiger partial charge on any atom is 0.517 e. The Morgan fingerprint density at radius 2 is 1.93 bits per heavy atom. The van der Waals surface area contributed by atoms with E-state index in [-0.39, 0.29) is 11.8 Å². The molecule has 0 unspecified atom stereocenters. The summed E-state index contributed by atoms with van der Waals surface area (Å²) in [4.78, 5) is 3.83. The van der Waals surface area contributed by atoms with Crippen molar-refractivity contribution < 1.29 is 19.2 Å². The summed E-state index contributed by atoms with van der Waals surface area (Å²) in [7, 11) is -0.891. The summed E-state index contributed by atoms with van der Waals surface area (Å²) in [5.74, 6) is -0.470. The SMILES string of the molecule is [2H]c1oc(C([2H])([2H])[2H])nc1B1OC(C)(C)C(C)(C)O1. The molecule has 1 aliphatic rings. The number of rotatable bonds is 1. The molecule has 0 spiro atoms. The lowest BCUT2D eigenvalue weighted by molar-refractivity contribution is 0.00578. The minimum Gasteiger partial charge on any atom is -0.450 e. The highest BCUT2D eigenvalue weighted by Gasteiger charge is 2.52. The first-order valence-corrected chi connectivity index (χ1v) is 4.77. The Kier molecular flexibility index (Phi) is 1.38. The lowest BCUT2D eigenvalue weighted by atomic mass is 9.86. The highest BCUT2D eigenvalue weighted by atomic mass is 16.7. The fourth-order valence-corrected chi connectivity index (χ4v) is 1.31. The smallest absolute Gasteiger partial charge is 0.450 e.